The summed E-state index contributed by atoms with van der Waals surface area (Å²) in [6, 6.07) is 12.0. The predicted molar refractivity (Wildman–Crippen MR) is 115 cm³/mol. The van der Waals surface area contributed by atoms with Crippen LogP contribution in [0, 0.1) is 12.3 Å². The Hall–Kier alpha value is -3.21. The number of fused-ring (bicyclic) bond motifs is 2. The summed E-state index contributed by atoms with van der Waals surface area (Å²) in [7, 11) is 0. The number of terminal acetylenes is 1. The van der Waals surface area contributed by atoms with Crippen molar-refractivity contribution in [1.82, 2.24) is 25.9 Å². The molecule has 0 saturated carbocycles. The molecule has 29 heavy (non-hydrogen) atoms. The Morgan fingerprint density at radius 2 is 2.03 bits per heavy atom. The van der Waals surface area contributed by atoms with E-state index in [2.05, 4.69) is 61.5 Å². The molecule has 0 radical (unpaired) electrons. The molecule has 146 valence electrons. The van der Waals surface area contributed by atoms with Gasteiger partial charge in [-0.05, 0) is 60.5 Å². The number of anilines is 2. The number of rotatable bonds is 6. The summed E-state index contributed by atoms with van der Waals surface area (Å²) in [5, 5.41) is 18.3. The van der Waals surface area contributed by atoms with Crippen LogP contribution in [-0.2, 0) is 12.0 Å². The molecule has 4 rings (SSSR count). The molecule has 0 saturated heterocycles. The lowest BCUT2D eigenvalue weighted by molar-refractivity contribution is 0.461. The van der Waals surface area contributed by atoms with Gasteiger partial charge in [0, 0.05) is 40.5 Å². The summed E-state index contributed by atoms with van der Waals surface area (Å²) in [5.41, 5.74) is 4.48. The summed E-state index contributed by atoms with van der Waals surface area (Å²) in [5.74, 6) is 3.41. The van der Waals surface area contributed by atoms with E-state index in [0.717, 1.165) is 34.0 Å². The van der Waals surface area contributed by atoms with Crippen molar-refractivity contribution in [3.8, 4) is 12.3 Å². The van der Waals surface area contributed by atoms with Gasteiger partial charge in [0.2, 0.25) is 0 Å². The fraction of sp³-hybridized carbons (Fsp3) is 0.238. The molecule has 3 aromatic rings. The van der Waals surface area contributed by atoms with Gasteiger partial charge in [-0.3, -0.25) is 10.3 Å². The Kier molecular flexibility index (Phi) is 5.05. The molecule has 2 aromatic carbocycles. The molecule has 0 amide bonds. The Labute approximate surface area is 174 Å². The van der Waals surface area contributed by atoms with Gasteiger partial charge in [-0.25, -0.2) is 5.10 Å². The molecular weight excluding hydrogens is 386 g/mol. The van der Waals surface area contributed by atoms with Crippen LogP contribution in [0.2, 0.25) is 5.02 Å². The third-order valence-corrected chi connectivity index (χ3v) is 5.52. The first-order chi connectivity index (χ1) is 14.1. The van der Waals surface area contributed by atoms with Crippen molar-refractivity contribution in [3.05, 3.63) is 58.4 Å². The zero-order valence-electron chi connectivity index (χ0n) is 16.0. The summed E-state index contributed by atoms with van der Waals surface area (Å²) < 4.78 is 0. The maximum Gasteiger partial charge on any atom is 0.150 e. The lowest BCUT2D eigenvalue weighted by Gasteiger charge is -2.44. The Balaban J connectivity index is 1.87. The van der Waals surface area contributed by atoms with Crippen LogP contribution >= 0.6 is 11.6 Å². The van der Waals surface area contributed by atoms with Crippen LogP contribution in [0.15, 0.2) is 41.4 Å². The van der Waals surface area contributed by atoms with Crippen molar-refractivity contribution in [2.45, 2.75) is 18.9 Å². The van der Waals surface area contributed by atoms with Gasteiger partial charge in [-0.2, -0.15) is 0 Å². The van der Waals surface area contributed by atoms with E-state index < -0.39 is 5.54 Å². The monoisotopic (exact) mass is 405 g/mol. The molecule has 2 heterocycles. The first kappa shape index (κ1) is 19.1. The number of nitrogens with one attached hydrogen (secondary N) is 2. The van der Waals surface area contributed by atoms with Crippen LogP contribution in [0.3, 0.4) is 0 Å². The van der Waals surface area contributed by atoms with Crippen molar-refractivity contribution in [2.75, 3.05) is 18.0 Å². The second-order valence-electron chi connectivity index (χ2n) is 6.95. The molecule has 1 aliphatic rings. The highest BCUT2D eigenvalue weighted by Crippen LogP contribution is 2.49. The van der Waals surface area contributed by atoms with Crippen LogP contribution < -0.4 is 10.2 Å². The fourth-order valence-electron chi connectivity index (χ4n) is 3.84. The lowest BCUT2D eigenvalue weighted by atomic mass is 9.78. The van der Waals surface area contributed by atoms with Crippen molar-refractivity contribution in [1.29, 1.82) is 0 Å². The Morgan fingerprint density at radius 1 is 1.28 bits per heavy atom. The number of halogens is 1. The standard InChI is InChI=1S/C21H20ClN7/c1-4-10-24-21(2)16-12-14(22)5-7-18(16)29(11-9-20-25-27-28-26-20)19-8-6-15(23-3)13-17(19)21/h1,5-8,12-13,24H,3,9-11H2,2H3,(H,25,26,27,28). The maximum atomic E-state index is 6.38. The van der Waals surface area contributed by atoms with E-state index in [0.29, 0.717) is 24.5 Å². The number of hydrogen-bond acceptors (Lipinski definition) is 6. The average molecular weight is 406 g/mol. The lowest BCUT2D eigenvalue weighted by Crippen LogP contribution is -2.46. The Morgan fingerprint density at radius 3 is 2.72 bits per heavy atom. The van der Waals surface area contributed by atoms with E-state index in [1.807, 2.05) is 30.3 Å². The van der Waals surface area contributed by atoms with Crippen molar-refractivity contribution in [2.24, 2.45) is 4.99 Å². The molecule has 1 unspecified atom stereocenters. The Bertz CT molecular complexity index is 1090. The first-order valence-corrected chi connectivity index (χ1v) is 9.54. The van der Waals surface area contributed by atoms with Crippen LogP contribution in [0.1, 0.15) is 23.9 Å². The number of aromatic amines is 1. The molecule has 2 N–H and O–H groups in total. The van der Waals surface area contributed by atoms with E-state index in [-0.39, 0.29) is 0 Å². The highest BCUT2D eigenvalue weighted by molar-refractivity contribution is 6.30. The molecule has 1 aromatic heterocycles. The van der Waals surface area contributed by atoms with Gasteiger partial charge in [0.1, 0.15) is 5.82 Å². The van der Waals surface area contributed by atoms with E-state index in [4.69, 9.17) is 18.0 Å². The quantitative estimate of drug-likeness (QED) is 0.485. The summed E-state index contributed by atoms with van der Waals surface area (Å²) in [4.78, 5) is 6.36. The van der Waals surface area contributed by atoms with Gasteiger partial charge in [0.25, 0.3) is 0 Å². The van der Waals surface area contributed by atoms with Gasteiger partial charge < -0.3 is 4.90 Å². The molecule has 1 aliphatic heterocycles. The second kappa shape index (κ2) is 7.66. The third kappa shape index (κ3) is 3.37. The highest BCUT2D eigenvalue weighted by Gasteiger charge is 2.39. The fourth-order valence-corrected chi connectivity index (χ4v) is 4.01. The smallest absolute Gasteiger partial charge is 0.150 e. The number of H-pyrrole nitrogens is 1. The maximum absolute atomic E-state index is 6.38. The predicted octanol–water partition coefficient (Wildman–Crippen LogP) is 3.37. The zero-order valence-corrected chi connectivity index (χ0v) is 16.7. The number of aromatic nitrogens is 4. The minimum Gasteiger partial charge on any atom is -0.340 e. The topological polar surface area (TPSA) is 82.1 Å². The van der Waals surface area contributed by atoms with Crippen molar-refractivity contribution in [3.63, 3.8) is 0 Å². The van der Waals surface area contributed by atoms with Gasteiger partial charge in [-0.1, -0.05) is 17.5 Å². The second-order valence-corrected chi connectivity index (χ2v) is 7.39. The van der Waals surface area contributed by atoms with Crippen LogP contribution in [0.4, 0.5) is 17.1 Å². The number of aliphatic imine (C=N–C) groups is 1. The van der Waals surface area contributed by atoms with Gasteiger partial charge in [0.15, 0.2) is 0 Å². The van der Waals surface area contributed by atoms with E-state index in [1.54, 1.807) is 0 Å². The van der Waals surface area contributed by atoms with E-state index in [9.17, 15) is 0 Å². The molecule has 0 spiro atoms. The minimum absolute atomic E-state index is 0.414. The molecule has 0 fully saturated rings. The van der Waals surface area contributed by atoms with Gasteiger partial charge >= 0.3 is 0 Å². The van der Waals surface area contributed by atoms with E-state index in [1.165, 1.54) is 0 Å². The number of nitrogens with zero attached hydrogens (tertiary/aromatic N) is 5. The molecule has 1 atom stereocenters. The number of tetrazole rings is 1. The van der Waals surface area contributed by atoms with E-state index >= 15 is 0 Å². The van der Waals surface area contributed by atoms with Crippen LogP contribution in [0.25, 0.3) is 0 Å². The van der Waals surface area contributed by atoms with Crippen molar-refractivity contribution < 1.29 is 0 Å². The average Bonchev–Trinajstić information content (AvgIpc) is 3.26. The van der Waals surface area contributed by atoms with Gasteiger partial charge in [-0.15, -0.1) is 11.5 Å². The third-order valence-electron chi connectivity index (χ3n) is 5.29. The minimum atomic E-state index is -0.535. The molecule has 0 bridgehead atoms. The van der Waals surface area contributed by atoms with Crippen molar-refractivity contribution >= 4 is 35.4 Å². The molecule has 7 nitrogen and oxygen atoms in total. The largest absolute Gasteiger partial charge is 0.340 e. The normalized spacial score (nSPS) is 17.3. The molecular formula is C21H20ClN7. The van der Waals surface area contributed by atoms with Gasteiger partial charge in [0.05, 0.1) is 17.8 Å². The molecule has 0 aliphatic carbocycles. The molecule has 8 heteroatoms. The van der Waals surface area contributed by atoms with Crippen LogP contribution in [0.5, 0.6) is 0 Å². The highest BCUT2D eigenvalue weighted by atomic mass is 35.5. The number of benzene rings is 2. The zero-order chi connectivity index (χ0) is 20.4. The number of hydrogen-bond donors (Lipinski definition) is 2. The van der Waals surface area contributed by atoms with Crippen LogP contribution in [-0.4, -0.2) is 40.4 Å². The summed E-state index contributed by atoms with van der Waals surface area (Å²) in [6.07, 6.45) is 6.22. The summed E-state index contributed by atoms with van der Waals surface area (Å²) in [6.45, 7) is 6.89. The first-order valence-electron chi connectivity index (χ1n) is 9.16. The summed E-state index contributed by atoms with van der Waals surface area (Å²) >= 11 is 6.38. The SMILES string of the molecule is C#CCNC1(C)c2cc(Cl)ccc2N(CCc2nnn[nH]2)c2ccc(N=C)cc21.